The Hall–Kier alpha value is -0.500. The van der Waals surface area contributed by atoms with E-state index < -0.39 is 37.6 Å². The minimum atomic E-state index is -4.83. The Balaban J connectivity index is 2.42. The van der Waals surface area contributed by atoms with Gasteiger partial charge in [0, 0.05) is 25.4 Å². The molecule has 4 nitrogen and oxygen atoms in total. The van der Waals surface area contributed by atoms with Crippen molar-refractivity contribution in [2.24, 2.45) is 5.92 Å². The molecule has 3 atom stereocenters. The van der Waals surface area contributed by atoms with Gasteiger partial charge in [-0.05, 0) is 6.08 Å². The molecule has 0 saturated heterocycles. The monoisotopic (exact) mass is 315 g/mol. The number of hydrogen-bond acceptors (Lipinski definition) is 3. The van der Waals surface area contributed by atoms with Crippen LogP contribution in [0.15, 0.2) is 11.9 Å². The number of carbonyl (C=O) groups excluding carboxylic acids is 1. The molecule has 1 heterocycles. The fourth-order valence-electron chi connectivity index (χ4n) is 2.10. The summed E-state index contributed by atoms with van der Waals surface area (Å²) in [5, 5.41) is 0. The van der Waals surface area contributed by atoms with Gasteiger partial charge in [-0.3, -0.25) is 4.79 Å². The normalized spacial score (nSPS) is 38.9. The van der Waals surface area contributed by atoms with Gasteiger partial charge in [-0.25, -0.2) is 4.39 Å². The molecule has 0 spiro atoms. The molecule has 0 radical (unpaired) electrons. The van der Waals surface area contributed by atoms with Crippen LogP contribution >= 0.6 is 15.9 Å². The standard InChI is InChI=1S/C8H8BrF2NO3S/c1-12-6-3-8(9,16(11,14)15)4(6)2-5(10)7(12)13/h2,4,6H,3H2,1H3/t4-,6-,8-/m1/s1. The molecule has 1 saturated carbocycles. The van der Waals surface area contributed by atoms with Gasteiger partial charge in [0.2, 0.25) is 0 Å². The third-order valence-electron chi connectivity index (χ3n) is 3.15. The summed E-state index contributed by atoms with van der Waals surface area (Å²) >= 11 is 2.79. The first-order valence-corrected chi connectivity index (χ1v) is 6.64. The fourth-order valence-corrected chi connectivity index (χ4v) is 3.79. The van der Waals surface area contributed by atoms with Crippen LogP contribution in [-0.2, 0) is 15.0 Å². The number of alkyl halides is 1. The molecule has 1 aliphatic carbocycles. The molecule has 0 aromatic carbocycles. The predicted molar refractivity (Wildman–Crippen MR) is 55.5 cm³/mol. The molecule has 8 heteroatoms. The highest BCUT2D eigenvalue weighted by atomic mass is 79.9. The van der Waals surface area contributed by atoms with Crippen LogP contribution in [0.25, 0.3) is 0 Å². The maximum atomic E-state index is 13.1. The van der Waals surface area contributed by atoms with E-state index >= 15 is 0 Å². The summed E-state index contributed by atoms with van der Waals surface area (Å²) in [5.41, 5.74) is 0. The lowest BCUT2D eigenvalue weighted by atomic mass is 9.75. The maximum Gasteiger partial charge on any atom is 0.318 e. The van der Waals surface area contributed by atoms with Crippen LogP contribution in [0.5, 0.6) is 0 Å². The molecule has 90 valence electrons. The molecule has 0 N–H and O–H groups in total. The van der Waals surface area contributed by atoms with Crippen molar-refractivity contribution in [2.45, 2.75) is 16.1 Å². The van der Waals surface area contributed by atoms with Crippen LogP contribution < -0.4 is 0 Å². The number of hydrogen-bond donors (Lipinski definition) is 0. The highest BCUT2D eigenvalue weighted by Gasteiger charge is 2.64. The molecule has 16 heavy (non-hydrogen) atoms. The Kier molecular flexibility index (Phi) is 2.43. The van der Waals surface area contributed by atoms with Gasteiger partial charge in [-0.1, -0.05) is 15.9 Å². The summed E-state index contributed by atoms with van der Waals surface area (Å²) in [4.78, 5) is 12.3. The Morgan fingerprint density at radius 1 is 1.62 bits per heavy atom. The van der Waals surface area contributed by atoms with Gasteiger partial charge in [0.1, 0.15) is 0 Å². The van der Waals surface area contributed by atoms with Crippen molar-refractivity contribution in [2.75, 3.05) is 7.05 Å². The molecule has 1 fully saturated rings. The summed E-state index contributed by atoms with van der Waals surface area (Å²) in [6.07, 6.45) is 0.797. The molecule has 0 bridgehead atoms. The van der Waals surface area contributed by atoms with Crippen molar-refractivity contribution in [3.8, 4) is 0 Å². The third-order valence-corrected chi connectivity index (χ3v) is 6.42. The van der Waals surface area contributed by atoms with Crippen molar-refractivity contribution in [1.29, 1.82) is 0 Å². The Morgan fingerprint density at radius 3 is 2.69 bits per heavy atom. The molecular weight excluding hydrogens is 308 g/mol. The average molecular weight is 316 g/mol. The van der Waals surface area contributed by atoms with Gasteiger partial charge in [0.05, 0.1) is 0 Å². The molecule has 1 aliphatic heterocycles. The van der Waals surface area contributed by atoms with Crippen LogP contribution in [0.1, 0.15) is 6.42 Å². The molecular formula is C8H8BrF2NO3S. The van der Waals surface area contributed by atoms with Crippen LogP contribution in [0.2, 0.25) is 0 Å². The first-order valence-electron chi connectivity index (χ1n) is 4.46. The van der Waals surface area contributed by atoms with E-state index in [1.807, 2.05) is 0 Å². The van der Waals surface area contributed by atoms with E-state index in [0.29, 0.717) is 0 Å². The summed E-state index contributed by atoms with van der Waals surface area (Å²) < 4.78 is 46.2. The second-order valence-corrected chi connectivity index (χ2v) is 7.50. The number of halogens is 3. The highest BCUT2D eigenvalue weighted by molar-refractivity contribution is 9.11. The van der Waals surface area contributed by atoms with E-state index in [-0.39, 0.29) is 6.42 Å². The topological polar surface area (TPSA) is 54.5 Å². The first kappa shape index (κ1) is 12.0. The number of likely N-dealkylation sites (N-methyl/N-ethyl adjacent to an activating group) is 1. The van der Waals surface area contributed by atoms with Crippen molar-refractivity contribution in [1.82, 2.24) is 4.90 Å². The highest BCUT2D eigenvalue weighted by Crippen LogP contribution is 2.55. The lowest BCUT2D eigenvalue weighted by Crippen LogP contribution is -2.64. The Morgan fingerprint density at radius 2 is 2.19 bits per heavy atom. The van der Waals surface area contributed by atoms with Gasteiger partial charge in [-0.2, -0.15) is 8.42 Å². The van der Waals surface area contributed by atoms with E-state index in [4.69, 9.17) is 0 Å². The van der Waals surface area contributed by atoms with Gasteiger partial charge in [0.15, 0.2) is 9.48 Å². The van der Waals surface area contributed by atoms with Gasteiger partial charge >= 0.3 is 10.2 Å². The molecule has 0 aromatic heterocycles. The number of rotatable bonds is 1. The second-order valence-electron chi connectivity index (χ2n) is 3.95. The Bertz CT molecular complexity index is 492. The van der Waals surface area contributed by atoms with Crippen molar-refractivity contribution in [3.05, 3.63) is 11.9 Å². The maximum absolute atomic E-state index is 13.1. The number of amides is 1. The molecule has 2 rings (SSSR count). The smallest absolute Gasteiger partial charge is 0.318 e. The summed E-state index contributed by atoms with van der Waals surface area (Å²) in [5.74, 6) is -2.73. The van der Waals surface area contributed by atoms with Crippen LogP contribution in [0.3, 0.4) is 0 Å². The minimum absolute atomic E-state index is 0.0808. The zero-order chi connectivity index (χ0) is 12.3. The van der Waals surface area contributed by atoms with E-state index in [1.165, 1.54) is 7.05 Å². The second kappa shape index (κ2) is 3.25. The van der Waals surface area contributed by atoms with Crippen LogP contribution in [-0.4, -0.2) is 36.0 Å². The third kappa shape index (κ3) is 1.35. The predicted octanol–water partition coefficient (Wildman–Crippen LogP) is 1.09. The van der Waals surface area contributed by atoms with E-state index in [9.17, 15) is 21.5 Å². The first-order chi connectivity index (χ1) is 7.18. The number of fused-ring (bicyclic) bond motifs is 1. The summed E-state index contributed by atoms with van der Waals surface area (Å²) in [6, 6.07) is -0.475. The summed E-state index contributed by atoms with van der Waals surface area (Å²) in [6.45, 7) is 0. The largest absolute Gasteiger partial charge is 0.336 e. The summed E-state index contributed by atoms with van der Waals surface area (Å²) in [7, 11) is -3.47. The molecule has 1 amide bonds. The number of nitrogens with zero attached hydrogens (tertiary/aromatic N) is 1. The fraction of sp³-hybridized carbons (Fsp3) is 0.625. The van der Waals surface area contributed by atoms with E-state index in [2.05, 4.69) is 15.9 Å². The van der Waals surface area contributed by atoms with Gasteiger partial charge in [-0.15, -0.1) is 3.89 Å². The molecule has 0 unspecified atom stereocenters. The average Bonchev–Trinajstić information content (AvgIpc) is 2.16. The number of carbonyl (C=O) groups is 1. The van der Waals surface area contributed by atoms with Crippen LogP contribution in [0, 0.1) is 5.92 Å². The minimum Gasteiger partial charge on any atom is -0.336 e. The lowest BCUT2D eigenvalue weighted by Gasteiger charge is -2.52. The van der Waals surface area contributed by atoms with E-state index in [1.54, 1.807) is 0 Å². The van der Waals surface area contributed by atoms with Crippen LogP contribution in [0.4, 0.5) is 8.28 Å². The van der Waals surface area contributed by atoms with Crippen molar-refractivity contribution < 1.29 is 21.5 Å². The van der Waals surface area contributed by atoms with Gasteiger partial charge in [0.25, 0.3) is 5.91 Å². The van der Waals surface area contributed by atoms with Crippen molar-refractivity contribution in [3.63, 3.8) is 0 Å². The Labute approximate surface area is 99.6 Å². The zero-order valence-electron chi connectivity index (χ0n) is 8.15. The molecule has 2 aliphatic rings. The zero-order valence-corrected chi connectivity index (χ0v) is 10.6. The van der Waals surface area contributed by atoms with Gasteiger partial charge < -0.3 is 4.90 Å². The molecule has 0 aromatic rings. The quantitative estimate of drug-likeness (QED) is 0.537. The SMILES string of the molecule is CN1C(=O)C(F)=C[C@@H]2[C@H]1C[C@@]2(Br)S(=O)(=O)F. The van der Waals surface area contributed by atoms with E-state index in [0.717, 1.165) is 11.0 Å². The lowest BCUT2D eigenvalue weighted by molar-refractivity contribution is -0.134. The van der Waals surface area contributed by atoms with Crippen molar-refractivity contribution >= 4 is 32.1 Å².